The molecule has 6 heteroatoms. The minimum atomic E-state index is -0.765. The van der Waals surface area contributed by atoms with Crippen LogP contribution in [0.2, 0.25) is 0 Å². The molecule has 1 saturated carbocycles. The van der Waals surface area contributed by atoms with Gasteiger partial charge in [0.1, 0.15) is 0 Å². The smallest absolute Gasteiger partial charge is 0.333 e. The Morgan fingerprint density at radius 1 is 1.26 bits per heavy atom. The van der Waals surface area contributed by atoms with Crippen molar-refractivity contribution in [2.24, 2.45) is 11.7 Å². The Morgan fingerprint density at radius 2 is 1.91 bits per heavy atom. The minimum Gasteiger partial charge on any atom is -0.467 e. The van der Waals surface area contributed by atoms with Crippen LogP contribution in [0.1, 0.15) is 43.7 Å². The lowest BCUT2D eigenvalue weighted by molar-refractivity contribution is -0.145. The maximum Gasteiger partial charge on any atom is 0.333 e. The van der Waals surface area contributed by atoms with Gasteiger partial charge in [0.05, 0.1) is 7.11 Å². The van der Waals surface area contributed by atoms with Crippen molar-refractivity contribution < 1.29 is 14.3 Å². The second-order valence-electron chi connectivity index (χ2n) is 5.85. The fourth-order valence-corrected chi connectivity index (χ4v) is 2.99. The average molecular weight is 341 g/mol. The summed E-state index contributed by atoms with van der Waals surface area (Å²) in [5, 5.41) is 2.78. The molecule has 1 aromatic carbocycles. The van der Waals surface area contributed by atoms with Crippen molar-refractivity contribution >= 4 is 24.3 Å². The number of carbonyl (C=O) groups is 2. The summed E-state index contributed by atoms with van der Waals surface area (Å²) in [5.74, 6) is -0.420. The van der Waals surface area contributed by atoms with E-state index < -0.39 is 12.0 Å². The normalized spacial score (nSPS) is 21.7. The molecule has 0 aliphatic heterocycles. The van der Waals surface area contributed by atoms with E-state index in [2.05, 4.69) is 5.32 Å². The predicted molar refractivity (Wildman–Crippen MR) is 91.1 cm³/mol. The number of nitrogens with one attached hydrogen (secondary N) is 1. The maximum absolute atomic E-state index is 12.3. The molecule has 2 rings (SSSR count). The molecule has 0 aromatic heterocycles. The van der Waals surface area contributed by atoms with E-state index in [4.69, 9.17) is 10.5 Å². The molecule has 1 aliphatic carbocycles. The van der Waals surface area contributed by atoms with Crippen LogP contribution in [0.5, 0.6) is 0 Å². The summed E-state index contributed by atoms with van der Waals surface area (Å²) in [6.07, 6.45) is 4.56. The molecule has 3 atom stereocenters. The molecule has 128 valence electrons. The van der Waals surface area contributed by atoms with E-state index in [0.29, 0.717) is 6.42 Å². The van der Waals surface area contributed by atoms with Crippen molar-refractivity contribution in [1.29, 1.82) is 0 Å². The molecule has 5 nitrogen and oxygen atoms in total. The van der Waals surface area contributed by atoms with Crippen molar-refractivity contribution in [1.82, 2.24) is 5.32 Å². The number of hydrogen-bond donors (Lipinski definition) is 2. The number of amides is 1. The van der Waals surface area contributed by atoms with Gasteiger partial charge in [0, 0.05) is 12.5 Å². The van der Waals surface area contributed by atoms with Crippen molar-refractivity contribution in [2.45, 2.75) is 44.2 Å². The predicted octanol–water partition coefficient (Wildman–Crippen LogP) is 2.35. The monoisotopic (exact) mass is 340 g/mol. The summed E-state index contributed by atoms with van der Waals surface area (Å²) in [6.45, 7) is 0. The molecule has 3 N–H and O–H groups in total. The lowest BCUT2D eigenvalue weighted by Gasteiger charge is -2.28. The zero-order chi connectivity index (χ0) is 15.9. The molecule has 0 heterocycles. The highest BCUT2D eigenvalue weighted by Crippen LogP contribution is 2.26. The minimum absolute atomic E-state index is 0. The third-order valence-electron chi connectivity index (χ3n) is 4.29. The standard InChI is InChI=1S/C17H24N2O3.ClH/c1-22-17(21)16(12-7-3-2-4-8-12)19-15(20)11-13-9-5-6-10-14(13)18;/h2-4,7-8,13-14,16H,5-6,9-11,18H2,1H3,(H,19,20);1H/t13?,14-,16-;/m0./s1. The van der Waals surface area contributed by atoms with Crippen LogP contribution in [0, 0.1) is 5.92 Å². The zero-order valence-corrected chi connectivity index (χ0v) is 14.2. The van der Waals surface area contributed by atoms with Gasteiger partial charge in [-0.1, -0.05) is 43.2 Å². The first-order chi connectivity index (χ1) is 10.6. The van der Waals surface area contributed by atoms with Crippen LogP contribution >= 0.6 is 12.4 Å². The molecule has 0 saturated heterocycles. The molecule has 1 aromatic rings. The first-order valence-electron chi connectivity index (χ1n) is 7.79. The van der Waals surface area contributed by atoms with E-state index in [1.54, 1.807) is 12.1 Å². The number of halogens is 1. The first-order valence-corrected chi connectivity index (χ1v) is 7.79. The Kier molecular flexibility index (Phi) is 8.06. The average Bonchev–Trinajstić information content (AvgIpc) is 2.55. The summed E-state index contributed by atoms with van der Waals surface area (Å²) in [6, 6.07) is 8.43. The molecule has 1 unspecified atom stereocenters. The highest BCUT2D eigenvalue weighted by molar-refractivity contribution is 5.86. The van der Waals surface area contributed by atoms with Crippen LogP contribution in [0.25, 0.3) is 0 Å². The van der Waals surface area contributed by atoms with Crippen molar-refractivity contribution in [3.8, 4) is 0 Å². The Morgan fingerprint density at radius 3 is 2.52 bits per heavy atom. The quantitative estimate of drug-likeness (QED) is 0.806. The fraction of sp³-hybridized carbons (Fsp3) is 0.529. The van der Waals surface area contributed by atoms with E-state index in [1.807, 2.05) is 18.2 Å². The number of hydrogen-bond acceptors (Lipinski definition) is 4. The highest BCUT2D eigenvalue weighted by atomic mass is 35.5. The summed E-state index contributed by atoms with van der Waals surface area (Å²) < 4.78 is 4.80. The van der Waals surface area contributed by atoms with E-state index in [0.717, 1.165) is 31.2 Å². The van der Waals surface area contributed by atoms with E-state index >= 15 is 0 Å². The van der Waals surface area contributed by atoms with Crippen molar-refractivity contribution in [2.75, 3.05) is 7.11 Å². The number of esters is 1. The van der Waals surface area contributed by atoms with Gasteiger partial charge in [0.25, 0.3) is 0 Å². The van der Waals surface area contributed by atoms with E-state index in [9.17, 15) is 9.59 Å². The molecule has 0 bridgehead atoms. The third kappa shape index (κ3) is 5.52. The van der Waals surface area contributed by atoms with Crippen LogP contribution in [-0.4, -0.2) is 25.0 Å². The van der Waals surface area contributed by atoms with Gasteiger partial charge in [-0.2, -0.15) is 0 Å². The Balaban J connectivity index is 0.00000264. The van der Waals surface area contributed by atoms with Gasteiger partial charge >= 0.3 is 5.97 Å². The highest BCUT2D eigenvalue weighted by Gasteiger charge is 2.27. The van der Waals surface area contributed by atoms with Crippen LogP contribution in [0.15, 0.2) is 30.3 Å². The van der Waals surface area contributed by atoms with Gasteiger partial charge in [0.2, 0.25) is 5.91 Å². The lowest BCUT2D eigenvalue weighted by Crippen LogP contribution is -2.39. The summed E-state index contributed by atoms with van der Waals surface area (Å²) >= 11 is 0. The van der Waals surface area contributed by atoms with Crippen LogP contribution in [0.3, 0.4) is 0 Å². The number of benzene rings is 1. The molecule has 1 amide bonds. The molecule has 1 fully saturated rings. The Hall–Kier alpha value is -1.59. The molecular weight excluding hydrogens is 316 g/mol. The second-order valence-corrected chi connectivity index (χ2v) is 5.85. The fourth-order valence-electron chi connectivity index (χ4n) is 2.99. The number of carbonyl (C=O) groups excluding carboxylic acids is 2. The number of ether oxygens (including phenoxy) is 1. The molecule has 23 heavy (non-hydrogen) atoms. The third-order valence-corrected chi connectivity index (χ3v) is 4.29. The lowest BCUT2D eigenvalue weighted by atomic mass is 9.83. The van der Waals surface area contributed by atoms with Crippen LogP contribution < -0.4 is 11.1 Å². The molecule has 0 radical (unpaired) electrons. The van der Waals surface area contributed by atoms with Gasteiger partial charge in [0.15, 0.2) is 6.04 Å². The Bertz CT molecular complexity index is 510. The van der Waals surface area contributed by atoms with Gasteiger partial charge in [-0.15, -0.1) is 12.4 Å². The van der Waals surface area contributed by atoms with Gasteiger partial charge in [-0.05, 0) is 24.3 Å². The summed E-state index contributed by atoms with van der Waals surface area (Å²) in [7, 11) is 1.32. The van der Waals surface area contributed by atoms with Gasteiger partial charge in [-0.25, -0.2) is 4.79 Å². The maximum atomic E-state index is 12.3. The Labute approximate surface area is 143 Å². The summed E-state index contributed by atoms with van der Waals surface area (Å²) in [4.78, 5) is 24.2. The largest absolute Gasteiger partial charge is 0.467 e. The number of rotatable bonds is 5. The van der Waals surface area contributed by atoms with Crippen LogP contribution in [-0.2, 0) is 14.3 Å². The van der Waals surface area contributed by atoms with Gasteiger partial charge < -0.3 is 15.8 Å². The van der Waals surface area contributed by atoms with Crippen molar-refractivity contribution in [3.05, 3.63) is 35.9 Å². The van der Waals surface area contributed by atoms with Crippen molar-refractivity contribution in [3.63, 3.8) is 0 Å². The SMILES string of the molecule is COC(=O)[C@@H](NC(=O)CC1CCCC[C@@H]1N)c1ccccc1.Cl. The molecular formula is C17H25ClN2O3. The first kappa shape index (κ1) is 19.5. The zero-order valence-electron chi connectivity index (χ0n) is 13.4. The van der Waals surface area contributed by atoms with Crippen LogP contribution in [0.4, 0.5) is 0 Å². The number of methoxy groups -OCH3 is 1. The molecule has 0 spiro atoms. The topological polar surface area (TPSA) is 81.4 Å². The number of nitrogens with two attached hydrogens (primary N) is 1. The second kappa shape index (κ2) is 9.53. The summed E-state index contributed by atoms with van der Waals surface area (Å²) in [5.41, 5.74) is 6.80. The van der Waals surface area contributed by atoms with Gasteiger partial charge in [-0.3, -0.25) is 4.79 Å². The van der Waals surface area contributed by atoms with E-state index in [-0.39, 0.29) is 30.3 Å². The molecule has 1 aliphatic rings. The van der Waals surface area contributed by atoms with E-state index in [1.165, 1.54) is 7.11 Å².